The van der Waals surface area contributed by atoms with Crippen LogP contribution in [0, 0.1) is 17.8 Å². The molecule has 7 rings (SSSR count). The highest BCUT2D eigenvalue weighted by Crippen LogP contribution is 2.60. The van der Waals surface area contributed by atoms with Crippen molar-refractivity contribution in [3.05, 3.63) is 42.1 Å². The van der Waals surface area contributed by atoms with E-state index in [1.807, 2.05) is 37.3 Å². The lowest BCUT2D eigenvalue weighted by molar-refractivity contribution is -0.0191. The maximum Gasteiger partial charge on any atom is 0.277 e. The SMILES string of the molecule is C[C@@H](Sc1nnc(C23CC4CC(CC(C4)C2)C3)o1)c1nnc(-c2ccccc2)o1. The summed E-state index contributed by atoms with van der Waals surface area (Å²) >= 11 is 1.49. The fraction of sp³-hybridized carbons (Fsp3) is 0.545. The summed E-state index contributed by atoms with van der Waals surface area (Å²) in [6.07, 6.45) is 7.91. The van der Waals surface area contributed by atoms with Gasteiger partial charge in [-0.25, -0.2) is 0 Å². The van der Waals surface area contributed by atoms with E-state index in [4.69, 9.17) is 8.83 Å². The van der Waals surface area contributed by atoms with Crippen molar-refractivity contribution in [1.82, 2.24) is 20.4 Å². The van der Waals surface area contributed by atoms with E-state index in [1.54, 1.807) is 0 Å². The van der Waals surface area contributed by atoms with E-state index in [1.165, 1.54) is 50.3 Å². The summed E-state index contributed by atoms with van der Waals surface area (Å²) in [5, 5.41) is 17.8. The van der Waals surface area contributed by atoms with Gasteiger partial charge < -0.3 is 8.83 Å². The minimum absolute atomic E-state index is 0.0513. The molecule has 4 aliphatic rings. The summed E-state index contributed by atoms with van der Waals surface area (Å²) in [6, 6.07) is 9.82. The maximum absolute atomic E-state index is 6.20. The molecule has 1 atom stereocenters. The normalized spacial score (nSPS) is 31.3. The van der Waals surface area contributed by atoms with E-state index in [9.17, 15) is 0 Å². The van der Waals surface area contributed by atoms with Gasteiger partial charge >= 0.3 is 0 Å². The highest BCUT2D eigenvalue weighted by atomic mass is 32.2. The van der Waals surface area contributed by atoms with Gasteiger partial charge in [0.25, 0.3) is 5.22 Å². The number of benzene rings is 1. The molecule has 0 amide bonds. The molecule has 7 heteroatoms. The van der Waals surface area contributed by atoms with Gasteiger partial charge in [-0.3, -0.25) is 0 Å². The standard InChI is InChI=1S/C22H24N4O2S/c1-13(18-23-24-19(27-18)17-5-3-2-4-6-17)29-21-26-25-20(28-21)22-10-14-7-15(11-22)9-16(8-14)12-22/h2-6,13-16H,7-12H2,1H3/t13-,14?,15?,16?,22?/m1/s1. The molecule has 3 aromatic rings. The number of nitrogens with zero attached hydrogens (tertiary/aromatic N) is 4. The zero-order valence-corrected chi connectivity index (χ0v) is 17.3. The lowest BCUT2D eigenvalue weighted by Gasteiger charge is -2.55. The van der Waals surface area contributed by atoms with Crippen molar-refractivity contribution in [3.63, 3.8) is 0 Å². The summed E-state index contributed by atoms with van der Waals surface area (Å²) < 4.78 is 12.1. The van der Waals surface area contributed by atoms with Gasteiger partial charge in [0, 0.05) is 11.0 Å². The topological polar surface area (TPSA) is 77.8 Å². The monoisotopic (exact) mass is 408 g/mol. The zero-order chi connectivity index (χ0) is 19.4. The molecule has 1 aromatic carbocycles. The van der Waals surface area contributed by atoms with Crippen LogP contribution in [0.4, 0.5) is 0 Å². The Balaban J connectivity index is 1.19. The minimum atomic E-state index is -0.0513. The maximum atomic E-state index is 6.20. The Labute approximate surface area is 173 Å². The second-order valence-corrected chi connectivity index (χ2v) is 10.4. The summed E-state index contributed by atoms with van der Waals surface area (Å²) in [5.74, 6) is 4.55. The molecule has 6 nitrogen and oxygen atoms in total. The second kappa shape index (κ2) is 6.69. The molecular weight excluding hydrogens is 384 g/mol. The van der Waals surface area contributed by atoms with E-state index < -0.39 is 0 Å². The van der Waals surface area contributed by atoms with Crippen molar-refractivity contribution in [1.29, 1.82) is 0 Å². The predicted octanol–water partition coefficient (Wildman–Crippen LogP) is 5.44. The van der Waals surface area contributed by atoms with Crippen molar-refractivity contribution < 1.29 is 8.83 Å². The Bertz CT molecular complexity index is 979. The van der Waals surface area contributed by atoms with Crippen LogP contribution in [-0.4, -0.2) is 20.4 Å². The number of thioether (sulfide) groups is 1. The van der Waals surface area contributed by atoms with Gasteiger partial charge in [-0.1, -0.05) is 30.0 Å². The van der Waals surface area contributed by atoms with Gasteiger partial charge in [-0.15, -0.1) is 20.4 Å². The largest absolute Gasteiger partial charge is 0.419 e. The summed E-state index contributed by atoms with van der Waals surface area (Å²) in [4.78, 5) is 0. The van der Waals surface area contributed by atoms with Crippen LogP contribution >= 0.6 is 11.8 Å². The molecular formula is C22H24N4O2S. The number of hydrogen-bond donors (Lipinski definition) is 0. The van der Waals surface area contributed by atoms with E-state index >= 15 is 0 Å². The Hall–Kier alpha value is -2.15. The first-order chi connectivity index (χ1) is 14.2. The second-order valence-electron chi connectivity index (χ2n) is 9.14. The summed E-state index contributed by atoms with van der Waals surface area (Å²) in [7, 11) is 0. The summed E-state index contributed by atoms with van der Waals surface area (Å²) in [6.45, 7) is 2.03. The van der Waals surface area contributed by atoms with Crippen molar-refractivity contribution in [2.75, 3.05) is 0 Å². The van der Waals surface area contributed by atoms with Crippen LogP contribution in [0.1, 0.15) is 62.5 Å². The fourth-order valence-electron chi connectivity index (χ4n) is 6.14. The molecule has 0 unspecified atom stereocenters. The molecule has 4 saturated carbocycles. The molecule has 4 fully saturated rings. The Morgan fingerprint density at radius 3 is 2.28 bits per heavy atom. The molecule has 4 bridgehead atoms. The van der Waals surface area contributed by atoms with Gasteiger partial charge in [0.1, 0.15) is 0 Å². The number of rotatable bonds is 5. The van der Waals surface area contributed by atoms with E-state index in [0.29, 0.717) is 17.0 Å². The fourth-order valence-corrected chi connectivity index (χ4v) is 6.86. The van der Waals surface area contributed by atoms with Gasteiger partial charge in [0.2, 0.25) is 17.7 Å². The molecule has 2 heterocycles. The summed E-state index contributed by atoms with van der Waals surface area (Å²) in [5.41, 5.74) is 1.06. The molecule has 0 radical (unpaired) electrons. The minimum Gasteiger partial charge on any atom is -0.419 e. The molecule has 0 saturated heterocycles. The van der Waals surface area contributed by atoms with Crippen molar-refractivity contribution in [2.24, 2.45) is 17.8 Å². The quantitative estimate of drug-likeness (QED) is 0.520. The molecule has 150 valence electrons. The van der Waals surface area contributed by atoms with E-state index in [0.717, 1.165) is 29.2 Å². The van der Waals surface area contributed by atoms with Crippen LogP contribution in [0.5, 0.6) is 0 Å². The van der Waals surface area contributed by atoms with Crippen LogP contribution < -0.4 is 0 Å². The predicted molar refractivity (Wildman–Crippen MR) is 108 cm³/mol. The molecule has 2 aromatic heterocycles. The first kappa shape index (κ1) is 17.7. The Morgan fingerprint density at radius 2 is 1.59 bits per heavy atom. The first-order valence-corrected chi connectivity index (χ1v) is 11.4. The van der Waals surface area contributed by atoms with Crippen LogP contribution in [-0.2, 0) is 5.41 Å². The lowest BCUT2D eigenvalue weighted by atomic mass is 9.49. The number of hydrogen-bond acceptors (Lipinski definition) is 7. The third-order valence-electron chi connectivity index (χ3n) is 6.99. The average molecular weight is 409 g/mol. The molecule has 29 heavy (non-hydrogen) atoms. The lowest BCUT2D eigenvalue weighted by Crippen LogP contribution is -2.48. The van der Waals surface area contributed by atoms with Gasteiger partial charge in [-0.05, 0) is 75.3 Å². The smallest absolute Gasteiger partial charge is 0.277 e. The molecule has 0 spiro atoms. The van der Waals surface area contributed by atoms with Crippen molar-refractivity contribution in [2.45, 2.75) is 61.3 Å². The average Bonchev–Trinajstić information content (AvgIpc) is 3.38. The zero-order valence-electron chi connectivity index (χ0n) is 16.5. The molecule has 0 aliphatic heterocycles. The molecule has 0 N–H and O–H groups in total. The van der Waals surface area contributed by atoms with E-state index in [-0.39, 0.29) is 10.7 Å². The van der Waals surface area contributed by atoms with Crippen LogP contribution in [0.3, 0.4) is 0 Å². The van der Waals surface area contributed by atoms with Gasteiger partial charge in [0.15, 0.2) is 0 Å². The Kier molecular flexibility index (Phi) is 4.08. The third kappa shape index (κ3) is 3.10. The first-order valence-electron chi connectivity index (χ1n) is 10.6. The van der Waals surface area contributed by atoms with Gasteiger partial charge in [0.05, 0.1) is 5.25 Å². The van der Waals surface area contributed by atoms with Crippen LogP contribution in [0.25, 0.3) is 11.5 Å². The van der Waals surface area contributed by atoms with Crippen molar-refractivity contribution in [3.8, 4) is 11.5 Å². The van der Waals surface area contributed by atoms with Gasteiger partial charge in [-0.2, -0.15) is 0 Å². The Morgan fingerprint density at radius 1 is 0.897 bits per heavy atom. The van der Waals surface area contributed by atoms with Crippen molar-refractivity contribution >= 4 is 11.8 Å². The third-order valence-corrected chi connectivity index (χ3v) is 7.91. The highest BCUT2D eigenvalue weighted by Gasteiger charge is 2.54. The highest BCUT2D eigenvalue weighted by molar-refractivity contribution is 7.99. The molecule has 4 aliphatic carbocycles. The van der Waals surface area contributed by atoms with Crippen LogP contribution in [0.2, 0.25) is 0 Å². The van der Waals surface area contributed by atoms with Crippen LogP contribution in [0.15, 0.2) is 44.4 Å². The van der Waals surface area contributed by atoms with E-state index in [2.05, 4.69) is 20.4 Å². The number of aromatic nitrogens is 4.